The molecule has 0 saturated heterocycles. The van der Waals surface area contributed by atoms with E-state index in [0.717, 1.165) is 51.2 Å². The van der Waals surface area contributed by atoms with E-state index in [0.29, 0.717) is 0 Å². The van der Waals surface area contributed by atoms with Gasteiger partial charge in [0.2, 0.25) is 0 Å². The first kappa shape index (κ1) is 44.7. The van der Waals surface area contributed by atoms with Crippen molar-refractivity contribution in [3.05, 3.63) is 284 Å². The van der Waals surface area contributed by atoms with Crippen molar-refractivity contribution in [1.82, 2.24) is 0 Å². The standard InChI is InChI=1S/C70H51N3S/c1-48-16-12-24-58(42-48)72(67-29-14-22-53-20-6-8-26-63(53)67)61-45-60(46-62(47-61)73(59-25-13-17-49(2)43-59)68-30-15-23-54-21-7-9-27-64(54)68)71(56-37-32-51(33-38-56)50-18-4-3-5-19-50)57-39-34-52(35-40-57)55-36-41-70-66(44-55)65-28-10-11-31-69(65)74-70/h3-47H,1-2H3. The minimum atomic E-state index is 1.01. The van der Waals surface area contributed by atoms with Crippen LogP contribution in [0.2, 0.25) is 0 Å². The molecule has 3 nitrogen and oxygen atoms in total. The highest BCUT2D eigenvalue weighted by Crippen LogP contribution is 2.49. The third-order valence-electron chi connectivity index (χ3n) is 14.3. The van der Waals surface area contributed by atoms with Crippen LogP contribution < -0.4 is 14.7 Å². The zero-order valence-corrected chi connectivity index (χ0v) is 42.0. The van der Waals surface area contributed by atoms with Gasteiger partial charge in [-0.05, 0) is 155 Å². The summed E-state index contributed by atoms with van der Waals surface area (Å²) in [5.74, 6) is 0. The third kappa shape index (κ3) is 8.41. The summed E-state index contributed by atoms with van der Waals surface area (Å²) in [5.41, 5.74) is 16.6. The Hall–Kier alpha value is -9.22. The van der Waals surface area contributed by atoms with Crippen molar-refractivity contribution in [1.29, 1.82) is 0 Å². The van der Waals surface area contributed by atoms with Crippen LogP contribution in [-0.4, -0.2) is 0 Å². The molecule has 0 saturated carbocycles. The van der Waals surface area contributed by atoms with Gasteiger partial charge in [0.05, 0.1) is 28.4 Å². The van der Waals surface area contributed by atoms with Gasteiger partial charge in [0.1, 0.15) is 0 Å². The van der Waals surface area contributed by atoms with Crippen LogP contribution in [0.25, 0.3) is 64.0 Å². The van der Waals surface area contributed by atoms with Crippen molar-refractivity contribution in [2.45, 2.75) is 13.8 Å². The summed E-state index contributed by atoms with van der Waals surface area (Å²) in [6.45, 7) is 4.36. The molecule has 0 bridgehead atoms. The maximum atomic E-state index is 2.45. The number of nitrogens with zero attached hydrogens (tertiary/aromatic N) is 3. The van der Waals surface area contributed by atoms with Gasteiger partial charge in [0, 0.05) is 53.7 Å². The quantitative estimate of drug-likeness (QED) is 0.128. The monoisotopic (exact) mass is 965 g/mol. The molecule has 1 aromatic heterocycles. The number of thiophene rings is 1. The fraction of sp³-hybridized carbons (Fsp3) is 0.0286. The predicted molar refractivity (Wildman–Crippen MR) is 319 cm³/mol. The Labute approximate surface area is 436 Å². The van der Waals surface area contributed by atoms with E-state index in [-0.39, 0.29) is 0 Å². The van der Waals surface area contributed by atoms with E-state index in [1.807, 2.05) is 11.3 Å². The molecule has 0 aliphatic carbocycles. The Morgan fingerprint density at radius 2 is 0.662 bits per heavy atom. The average Bonchev–Trinajstić information content (AvgIpc) is 3.82. The van der Waals surface area contributed by atoms with Crippen LogP contribution >= 0.6 is 11.3 Å². The summed E-state index contributed by atoms with van der Waals surface area (Å²) in [7, 11) is 0. The highest BCUT2D eigenvalue weighted by Gasteiger charge is 2.24. The lowest BCUT2D eigenvalue weighted by Gasteiger charge is -2.34. The summed E-state index contributed by atoms with van der Waals surface area (Å²) in [6, 6.07) is 100. The largest absolute Gasteiger partial charge is 0.310 e. The highest BCUT2D eigenvalue weighted by atomic mass is 32.1. The molecule has 0 N–H and O–H groups in total. The summed E-state index contributed by atoms with van der Waals surface area (Å²) >= 11 is 1.86. The molecule has 1 heterocycles. The van der Waals surface area contributed by atoms with Gasteiger partial charge in [0.25, 0.3) is 0 Å². The van der Waals surface area contributed by atoms with E-state index in [1.165, 1.54) is 75.1 Å². The molecule has 0 atom stereocenters. The summed E-state index contributed by atoms with van der Waals surface area (Å²) in [4.78, 5) is 7.32. The number of fused-ring (bicyclic) bond motifs is 5. The fourth-order valence-electron chi connectivity index (χ4n) is 10.8. The first-order valence-corrected chi connectivity index (χ1v) is 26.1. The molecule has 74 heavy (non-hydrogen) atoms. The average molecular weight is 966 g/mol. The minimum absolute atomic E-state index is 1.01. The zero-order chi connectivity index (χ0) is 49.5. The lowest BCUT2D eigenvalue weighted by atomic mass is 10.0. The van der Waals surface area contributed by atoms with E-state index in [9.17, 15) is 0 Å². The van der Waals surface area contributed by atoms with Gasteiger partial charge in [-0.1, -0.05) is 176 Å². The molecular formula is C70H51N3S. The number of aryl methyl sites for hydroxylation is 2. The molecule has 0 fully saturated rings. The molecular weight excluding hydrogens is 915 g/mol. The second-order valence-electron chi connectivity index (χ2n) is 19.2. The normalized spacial score (nSPS) is 11.4. The van der Waals surface area contributed by atoms with Gasteiger partial charge in [-0.2, -0.15) is 0 Å². The lowest BCUT2D eigenvalue weighted by Crippen LogP contribution is -2.17. The van der Waals surface area contributed by atoms with Gasteiger partial charge in [-0.25, -0.2) is 0 Å². The molecule has 0 spiro atoms. The number of hydrogen-bond donors (Lipinski definition) is 0. The summed E-state index contributed by atoms with van der Waals surface area (Å²) < 4.78 is 2.62. The number of benzene rings is 12. The van der Waals surface area contributed by atoms with E-state index < -0.39 is 0 Å². The van der Waals surface area contributed by atoms with Crippen LogP contribution in [0.4, 0.5) is 51.2 Å². The van der Waals surface area contributed by atoms with Crippen LogP contribution in [-0.2, 0) is 0 Å². The maximum absolute atomic E-state index is 2.45. The molecule has 0 unspecified atom stereocenters. The minimum Gasteiger partial charge on any atom is -0.310 e. The summed E-state index contributed by atoms with van der Waals surface area (Å²) in [6.07, 6.45) is 0. The van der Waals surface area contributed by atoms with Crippen molar-refractivity contribution >= 4 is 104 Å². The Bertz CT molecular complexity index is 4020. The zero-order valence-electron chi connectivity index (χ0n) is 41.2. The Kier molecular flexibility index (Phi) is 11.5. The molecule has 352 valence electrons. The molecule has 0 amide bonds. The SMILES string of the molecule is Cc1cccc(N(c2cc(N(c3ccc(-c4ccccc4)cc3)c3ccc(-c4ccc5sc6ccccc6c5c4)cc3)cc(N(c3cccc(C)c3)c3cccc4ccccc34)c2)c2cccc3ccccc23)c1. The van der Waals surface area contributed by atoms with E-state index in [2.05, 4.69) is 302 Å². The molecule has 4 heteroatoms. The van der Waals surface area contributed by atoms with Gasteiger partial charge in [-0.3, -0.25) is 0 Å². The predicted octanol–water partition coefficient (Wildman–Crippen LogP) is 20.7. The number of rotatable bonds is 11. The Morgan fingerprint density at radius 1 is 0.243 bits per heavy atom. The van der Waals surface area contributed by atoms with Crippen molar-refractivity contribution in [3.63, 3.8) is 0 Å². The van der Waals surface area contributed by atoms with E-state index >= 15 is 0 Å². The van der Waals surface area contributed by atoms with Crippen molar-refractivity contribution in [3.8, 4) is 22.3 Å². The number of hydrogen-bond acceptors (Lipinski definition) is 4. The Balaban J connectivity index is 1.07. The lowest BCUT2D eigenvalue weighted by molar-refractivity contribution is 1.22. The van der Waals surface area contributed by atoms with Gasteiger partial charge < -0.3 is 14.7 Å². The van der Waals surface area contributed by atoms with Crippen LogP contribution in [0, 0.1) is 13.8 Å². The second kappa shape index (κ2) is 19.1. The Morgan fingerprint density at radius 3 is 1.22 bits per heavy atom. The van der Waals surface area contributed by atoms with Crippen LogP contribution in [0.1, 0.15) is 11.1 Å². The van der Waals surface area contributed by atoms with Crippen LogP contribution in [0.15, 0.2) is 273 Å². The van der Waals surface area contributed by atoms with Gasteiger partial charge >= 0.3 is 0 Å². The van der Waals surface area contributed by atoms with Gasteiger partial charge in [-0.15, -0.1) is 11.3 Å². The van der Waals surface area contributed by atoms with Crippen molar-refractivity contribution in [2.75, 3.05) is 14.7 Å². The van der Waals surface area contributed by atoms with E-state index in [1.54, 1.807) is 0 Å². The maximum Gasteiger partial charge on any atom is 0.0540 e. The summed E-state index contributed by atoms with van der Waals surface area (Å²) in [5, 5.41) is 7.31. The van der Waals surface area contributed by atoms with Crippen LogP contribution in [0.5, 0.6) is 0 Å². The molecule has 0 aliphatic rings. The number of anilines is 9. The van der Waals surface area contributed by atoms with Gasteiger partial charge in [0.15, 0.2) is 0 Å². The molecule has 12 aromatic carbocycles. The topological polar surface area (TPSA) is 9.72 Å². The third-order valence-corrected chi connectivity index (χ3v) is 15.4. The molecule has 13 rings (SSSR count). The fourth-order valence-corrected chi connectivity index (χ4v) is 11.8. The van der Waals surface area contributed by atoms with Crippen LogP contribution in [0.3, 0.4) is 0 Å². The first-order chi connectivity index (χ1) is 36.5. The van der Waals surface area contributed by atoms with Crippen molar-refractivity contribution < 1.29 is 0 Å². The first-order valence-electron chi connectivity index (χ1n) is 25.3. The van der Waals surface area contributed by atoms with E-state index in [4.69, 9.17) is 0 Å². The molecule has 0 aliphatic heterocycles. The van der Waals surface area contributed by atoms with Crippen molar-refractivity contribution in [2.24, 2.45) is 0 Å². The molecule has 0 radical (unpaired) electrons. The smallest absolute Gasteiger partial charge is 0.0540 e. The molecule has 13 aromatic rings. The highest BCUT2D eigenvalue weighted by molar-refractivity contribution is 7.25. The second-order valence-corrected chi connectivity index (χ2v) is 20.2.